The molecule has 0 unspecified atom stereocenters. The lowest BCUT2D eigenvalue weighted by Gasteiger charge is -2.29. The highest BCUT2D eigenvalue weighted by Crippen LogP contribution is 2.45. The number of carbonyl (C=O) groups is 5. The number of nitro benzene ring substituents is 1. The third-order valence-corrected chi connectivity index (χ3v) is 11.6. The van der Waals surface area contributed by atoms with E-state index in [2.05, 4.69) is 63.7 Å². The number of esters is 1. The van der Waals surface area contributed by atoms with Gasteiger partial charge in [-0.25, -0.2) is 9.80 Å². The standard InChI is InChI=1S/C31H17Br4N3O9/c1-46-20-4-2-3-17(13-20)31(43)47-19-11-7-15(8-12-19)21(39)14-36(28(40)16-5-9-18(10-6-16)38(44)45)37-29(41)22-23(30(37)42)25(33)27(35)26(34)24(22)32/h2-13H,14H2,1H3. The second kappa shape index (κ2) is 13.9. The van der Waals surface area contributed by atoms with Gasteiger partial charge in [0.15, 0.2) is 5.78 Å². The van der Waals surface area contributed by atoms with Crippen LogP contribution in [-0.2, 0) is 0 Å². The van der Waals surface area contributed by atoms with Crippen LogP contribution in [0.25, 0.3) is 0 Å². The molecule has 4 aromatic rings. The largest absolute Gasteiger partial charge is 0.497 e. The topological polar surface area (TPSA) is 153 Å². The average molecular weight is 895 g/mol. The van der Waals surface area contributed by atoms with Crippen LogP contribution < -0.4 is 9.47 Å². The normalized spacial score (nSPS) is 12.1. The van der Waals surface area contributed by atoms with Gasteiger partial charge in [0.05, 0.1) is 28.7 Å². The second-order valence-corrected chi connectivity index (χ2v) is 12.8. The molecule has 0 fully saturated rings. The fourth-order valence-electron chi connectivity index (χ4n) is 4.52. The van der Waals surface area contributed by atoms with Crippen LogP contribution >= 0.6 is 63.7 Å². The van der Waals surface area contributed by atoms with E-state index in [0.29, 0.717) is 24.7 Å². The summed E-state index contributed by atoms with van der Waals surface area (Å²) in [6, 6.07) is 16.3. The van der Waals surface area contributed by atoms with Gasteiger partial charge in [0.2, 0.25) is 0 Å². The Balaban J connectivity index is 1.45. The Bertz CT molecular complexity index is 1950. The summed E-state index contributed by atoms with van der Waals surface area (Å²) < 4.78 is 11.8. The maximum Gasteiger partial charge on any atom is 0.343 e. The monoisotopic (exact) mass is 891 g/mol. The Morgan fingerprint density at radius 3 is 1.85 bits per heavy atom. The third-order valence-electron chi connectivity index (χ3n) is 6.87. The van der Waals surface area contributed by atoms with Crippen molar-refractivity contribution >= 4 is 98.9 Å². The number of hydrogen-bond donors (Lipinski definition) is 0. The lowest BCUT2D eigenvalue weighted by Crippen LogP contribution is -2.51. The van der Waals surface area contributed by atoms with E-state index in [1.165, 1.54) is 37.4 Å². The number of halogens is 4. The molecule has 1 aliphatic heterocycles. The van der Waals surface area contributed by atoms with Gasteiger partial charge in [-0.3, -0.25) is 29.3 Å². The molecule has 0 spiro atoms. The Hall–Kier alpha value is -4.25. The zero-order chi connectivity index (χ0) is 34.2. The number of hydrazine groups is 1. The fourth-order valence-corrected chi connectivity index (χ4v) is 6.97. The lowest BCUT2D eigenvalue weighted by molar-refractivity contribution is -0.384. The molecule has 0 aromatic heterocycles. The van der Waals surface area contributed by atoms with Crippen molar-refractivity contribution in [3.63, 3.8) is 0 Å². The highest BCUT2D eigenvalue weighted by Gasteiger charge is 2.46. The number of ether oxygens (including phenoxy) is 2. The number of carbonyl (C=O) groups excluding carboxylic acids is 5. The molecule has 0 saturated carbocycles. The summed E-state index contributed by atoms with van der Waals surface area (Å²) >= 11 is 13.3. The number of hydrogen-bond acceptors (Lipinski definition) is 9. The summed E-state index contributed by atoms with van der Waals surface area (Å²) in [5.74, 6) is -3.49. The van der Waals surface area contributed by atoms with Gasteiger partial charge < -0.3 is 9.47 Å². The van der Waals surface area contributed by atoms with E-state index in [-0.39, 0.29) is 48.2 Å². The van der Waals surface area contributed by atoms with Crippen molar-refractivity contribution in [3.05, 3.63) is 129 Å². The molecule has 1 aliphatic rings. The highest BCUT2D eigenvalue weighted by molar-refractivity contribution is 9.15. The molecule has 12 nitrogen and oxygen atoms in total. The highest BCUT2D eigenvalue weighted by atomic mass is 79.9. The molecule has 0 N–H and O–H groups in total. The van der Waals surface area contributed by atoms with E-state index in [9.17, 15) is 34.1 Å². The summed E-state index contributed by atoms with van der Waals surface area (Å²) in [6.07, 6.45) is 0. The third kappa shape index (κ3) is 6.63. The van der Waals surface area contributed by atoms with Crippen molar-refractivity contribution in [1.82, 2.24) is 10.0 Å². The predicted octanol–water partition coefficient (Wildman–Crippen LogP) is 7.41. The molecule has 238 valence electrons. The molecular weight excluding hydrogens is 878 g/mol. The van der Waals surface area contributed by atoms with Gasteiger partial charge in [-0.05, 0) is 118 Å². The molecule has 0 bridgehead atoms. The van der Waals surface area contributed by atoms with Crippen molar-refractivity contribution < 1.29 is 38.4 Å². The predicted molar refractivity (Wildman–Crippen MR) is 181 cm³/mol. The Kier molecular flexibility index (Phi) is 10.0. The number of fused-ring (bicyclic) bond motifs is 1. The van der Waals surface area contributed by atoms with Gasteiger partial charge in [-0.2, -0.15) is 5.01 Å². The summed E-state index contributed by atoms with van der Waals surface area (Å²) in [4.78, 5) is 78.0. The molecule has 4 aromatic carbocycles. The first-order valence-corrected chi connectivity index (χ1v) is 16.3. The number of Topliss-reactive ketones (excluding diaryl/α,β-unsaturated/α-hetero) is 1. The average Bonchev–Trinajstić information content (AvgIpc) is 3.34. The first kappa shape index (κ1) is 34.1. The van der Waals surface area contributed by atoms with E-state index >= 15 is 0 Å². The molecule has 0 saturated heterocycles. The minimum Gasteiger partial charge on any atom is -0.497 e. The minimum atomic E-state index is -0.947. The number of amides is 3. The summed E-state index contributed by atoms with van der Waals surface area (Å²) in [5, 5.41) is 12.4. The quantitative estimate of drug-likeness (QED) is 0.0244. The number of nitrogens with zero attached hydrogens (tertiary/aromatic N) is 3. The van der Waals surface area contributed by atoms with Crippen molar-refractivity contribution in [3.8, 4) is 11.5 Å². The smallest absolute Gasteiger partial charge is 0.343 e. The van der Waals surface area contributed by atoms with Gasteiger partial charge >= 0.3 is 5.97 Å². The number of rotatable bonds is 9. The van der Waals surface area contributed by atoms with E-state index in [0.717, 1.165) is 24.3 Å². The summed E-state index contributed by atoms with van der Waals surface area (Å²) in [5.41, 5.74) is -0.235. The van der Waals surface area contributed by atoms with Crippen LogP contribution in [0.5, 0.6) is 11.5 Å². The van der Waals surface area contributed by atoms with Crippen molar-refractivity contribution in [2.24, 2.45) is 0 Å². The lowest BCUT2D eigenvalue weighted by atomic mass is 10.1. The van der Waals surface area contributed by atoms with Crippen molar-refractivity contribution in [2.75, 3.05) is 13.7 Å². The maximum atomic E-state index is 13.8. The molecule has 3 amide bonds. The molecule has 47 heavy (non-hydrogen) atoms. The molecule has 16 heteroatoms. The van der Waals surface area contributed by atoms with Crippen LogP contribution in [-0.4, -0.2) is 58.1 Å². The fraction of sp³-hybridized carbons (Fsp3) is 0.0645. The number of benzene rings is 4. The van der Waals surface area contributed by atoms with Crippen molar-refractivity contribution in [2.45, 2.75) is 0 Å². The SMILES string of the molecule is COc1cccc(C(=O)Oc2ccc(C(=O)CN(C(=O)c3ccc([N+](=O)[O-])cc3)N3C(=O)c4c(Br)c(Br)c(Br)c(Br)c4C3=O)cc2)c1. The zero-order valence-corrected chi connectivity index (χ0v) is 30.0. The maximum absolute atomic E-state index is 13.8. The number of methoxy groups -OCH3 is 1. The summed E-state index contributed by atoms with van der Waals surface area (Å²) in [7, 11) is 1.46. The van der Waals surface area contributed by atoms with Gasteiger partial charge in [-0.15, -0.1) is 0 Å². The van der Waals surface area contributed by atoms with Crippen LogP contribution in [0.3, 0.4) is 0 Å². The number of imide groups is 1. The van der Waals surface area contributed by atoms with E-state index < -0.39 is 40.9 Å². The van der Waals surface area contributed by atoms with Gasteiger partial charge in [0, 0.05) is 41.2 Å². The van der Waals surface area contributed by atoms with E-state index in [1.807, 2.05) is 0 Å². The number of nitro groups is 1. The van der Waals surface area contributed by atoms with E-state index in [1.54, 1.807) is 18.2 Å². The van der Waals surface area contributed by atoms with Gasteiger partial charge in [0.25, 0.3) is 23.4 Å². The Labute approximate surface area is 299 Å². The van der Waals surface area contributed by atoms with Crippen LogP contribution in [0.1, 0.15) is 51.8 Å². The molecular formula is C31H17Br4N3O9. The van der Waals surface area contributed by atoms with E-state index in [4.69, 9.17) is 9.47 Å². The molecule has 1 heterocycles. The van der Waals surface area contributed by atoms with Crippen LogP contribution in [0, 0.1) is 10.1 Å². The first-order chi connectivity index (χ1) is 22.3. The molecule has 0 aliphatic carbocycles. The van der Waals surface area contributed by atoms with Crippen LogP contribution in [0.15, 0.2) is 90.7 Å². The molecule has 0 radical (unpaired) electrons. The zero-order valence-electron chi connectivity index (χ0n) is 23.7. The number of non-ortho nitro benzene ring substituents is 1. The van der Waals surface area contributed by atoms with Gasteiger partial charge in [-0.1, -0.05) is 6.07 Å². The number of ketones is 1. The Morgan fingerprint density at radius 2 is 1.32 bits per heavy atom. The van der Waals surface area contributed by atoms with Gasteiger partial charge in [0.1, 0.15) is 18.0 Å². The second-order valence-electron chi connectivity index (χ2n) is 9.66. The minimum absolute atomic E-state index is 0.0619. The van der Waals surface area contributed by atoms with Crippen molar-refractivity contribution in [1.29, 1.82) is 0 Å². The Morgan fingerprint density at radius 1 is 0.766 bits per heavy atom. The van der Waals surface area contributed by atoms with Crippen LogP contribution in [0.2, 0.25) is 0 Å². The van der Waals surface area contributed by atoms with Crippen LogP contribution in [0.4, 0.5) is 5.69 Å². The summed E-state index contributed by atoms with van der Waals surface area (Å²) in [6.45, 7) is -0.776. The molecule has 0 atom stereocenters. The molecule has 5 rings (SSSR count). The first-order valence-electron chi connectivity index (χ1n) is 13.1.